The van der Waals surface area contributed by atoms with Crippen LogP contribution in [0.4, 0.5) is 10.5 Å². The van der Waals surface area contributed by atoms with Crippen LogP contribution in [0.3, 0.4) is 0 Å². The van der Waals surface area contributed by atoms with Gasteiger partial charge >= 0.3 is 6.03 Å². The highest BCUT2D eigenvalue weighted by Crippen LogP contribution is 2.34. The van der Waals surface area contributed by atoms with Crippen LogP contribution < -0.4 is 16.2 Å². The zero-order valence-corrected chi connectivity index (χ0v) is 17.7. The smallest absolute Gasteiger partial charge is 0.324 e. The van der Waals surface area contributed by atoms with Gasteiger partial charge in [0.2, 0.25) is 5.91 Å². The number of benzene rings is 2. The van der Waals surface area contributed by atoms with Crippen molar-refractivity contribution < 1.29 is 9.59 Å². The molecule has 2 aromatic rings. The van der Waals surface area contributed by atoms with E-state index in [1.165, 1.54) is 5.01 Å². The second kappa shape index (κ2) is 7.88. The zero-order chi connectivity index (χ0) is 21.5. The first kappa shape index (κ1) is 19.9. The molecule has 5 rings (SSSR count). The lowest BCUT2D eigenvalue weighted by molar-refractivity contribution is -0.117. The summed E-state index contributed by atoms with van der Waals surface area (Å²) in [6.07, 6.45) is 4.16. The fourth-order valence-electron chi connectivity index (χ4n) is 4.31. The zero-order valence-electron chi connectivity index (χ0n) is 17.0. The summed E-state index contributed by atoms with van der Waals surface area (Å²) in [6, 6.07) is 15.2. The number of amides is 3. The molecule has 160 valence electrons. The van der Waals surface area contributed by atoms with Gasteiger partial charge in [0.25, 0.3) is 0 Å². The standard InChI is InChI=1S/C22H23ClN6O2/c1-14-3-2-4-17(11-14)24-20(30)13-29-22(31)27-9-10-28-19(21(27)26-29)12-18(25-28)15-5-7-16(23)8-6-15/h2-11,18-19,21,25-26H,12-13H2,1H3,(H,24,30). The van der Waals surface area contributed by atoms with Gasteiger partial charge < -0.3 is 10.3 Å². The third kappa shape index (κ3) is 3.85. The number of fused-ring (bicyclic) bond motifs is 3. The van der Waals surface area contributed by atoms with Crippen LogP contribution in [0.25, 0.3) is 0 Å². The summed E-state index contributed by atoms with van der Waals surface area (Å²) in [7, 11) is 0. The van der Waals surface area contributed by atoms with Gasteiger partial charge in [-0.2, -0.15) is 0 Å². The van der Waals surface area contributed by atoms with E-state index in [1.54, 1.807) is 11.1 Å². The molecule has 3 heterocycles. The van der Waals surface area contributed by atoms with Crippen molar-refractivity contribution >= 4 is 29.2 Å². The Labute approximate surface area is 185 Å². The van der Waals surface area contributed by atoms with Crippen LogP contribution in [0.1, 0.15) is 23.6 Å². The Hall–Kier alpha value is -3.07. The number of rotatable bonds is 4. The highest BCUT2D eigenvalue weighted by molar-refractivity contribution is 6.30. The number of aryl methyl sites for hydroxylation is 1. The van der Waals surface area contributed by atoms with Crippen molar-refractivity contribution in [2.45, 2.75) is 31.6 Å². The minimum Gasteiger partial charge on any atom is -0.324 e. The summed E-state index contributed by atoms with van der Waals surface area (Å²) in [5.41, 5.74) is 9.60. The van der Waals surface area contributed by atoms with E-state index in [-0.39, 0.29) is 36.7 Å². The number of halogens is 1. The van der Waals surface area contributed by atoms with Gasteiger partial charge in [0.15, 0.2) is 0 Å². The molecule has 31 heavy (non-hydrogen) atoms. The molecule has 0 bridgehead atoms. The van der Waals surface area contributed by atoms with E-state index in [9.17, 15) is 9.59 Å². The van der Waals surface area contributed by atoms with Crippen molar-refractivity contribution in [2.75, 3.05) is 11.9 Å². The van der Waals surface area contributed by atoms with E-state index in [4.69, 9.17) is 11.6 Å². The molecule has 3 unspecified atom stereocenters. The first-order valence-electron chi connectivity index (χ1n) is 10.2. The molecule has 2 saturated heterocycles. The van der Waals surface area contributed by atoms with Gasteiger partial charge in [0, 0.05) is 23.1 Å². The molecule has 0 radical (unpaired) electrons. The lowest BCUT2D eigenvalue weighted by Crippen LogP contribution is -2.54. The Morgan fingerprint density at radius 3 is 2.74 bits per heavy atom. The summed E-state index contributed by atoms with van der Waals surface area (Å²) >= 11 is 6.01. The maximum Gasteiger partial charge on any atom is 0.340 e. The van der Waals surface area contributed by atoms with Crippen LogP contribution in [0.15, 0.2) is 60.9 Å². The Kier molecular flexibility index (Phi) is 5.05. The molecule has 0 aliphatic carbocycles. The van der Waals surface area contributed by atoms with Crippen LogP contribution >= 0.6 is 11.6 Å². The van der Waals surface area contributed by atoms with E-state index >= 15 is 0 Å². The molecule has 3 aliphatic rings. The van der Waals surface area contributed by atoms with E-state index < -0.39 is 0 Å². The van der Waals surface area contributed by atoms with Crippen LogP contribution in [0, 0.1) is 6.92 Å². The van der Waals surface area contributed by atoms with E-state index in [0.29, 0.717) is 10.7 Å². The molecular weight excluding hydrogens is 416 g/mol. The molecule has 0 spiro atoms. The molecule has 2 aromatic carbocycles. The lowest BCUT2D eigenvalue weighted by Gasteiger charge is -2.34. The quantitative estimate of drug-likeness (QED) is 0.684. The summed E-state index contributed by atoms with van der Waals surface area (Å²) in [4.78, 5) is 27.0. The summed E-state index contributed by atoms with van der Waals surface area (Å²) in [5.74, 6) is -0.254. The number of hydrazine groups is 2. The monoisotopic (exact) mass is 438 g/mol. The predicted molar refractivity (Wildman–Crippen MR) is 117 cm³/mol. The number of carbonyl (C=O) groups excluding carboxylic acids is 2. The Morgan fingerprint density at radius 1 is 1.16 bits per heavy atom. The van der Waals surface area contributed by atoms with Gasteiger partial charge in [-0.1, -0.05) is 35.9 Å². The maximum atomic E-state index is 12.9. The number of hydrogen-bond donors (Lipinski definition) is 3. The first-order valence-corrected chi connectivity index (χ1v) is 10.6. The van der Waals surface area contributed by atoms with Crippen LogP contribution in [0.2, 0.25) is 5.02 Å². The molecule has 9 heteroatoms. The van der Waals surface area contributed by atoms with E-state index in [0.717, 1.165) is 17.5 Å². The van der Waals surface area contributed by atoms with Crippen LogP contribution in [-0.4, -0.2) is 45.6 Å². The molecule has 0 saturated carbocycles. The summed E-state index contributed by atoms with van der Waals surface area (Å²) in [5, 5.41) is 6.95. The molecule has 3 N–H and O–H groups in total. The highest BCUT2D eigenvalue weighted by Gasteiger charge is 2.48. The molecule has 0 aromatic heterocycles. The minimum absolute atomic E-state index is 0.0273. The average molecular weight is 439 g/mol. The van der Waals surface area contributed by atoms with Gasteiger partial charge in [-0.15, -0.1) is 0 Å². The van der Waals surface area contributed by atoms with Crippen molar-refractivity contribution in [3.8, 4) is 0 Å². The summed E-state index contributed by atoms with van der Waals surface area (Å²) < 4.78 is 0. The van der Waals surface area contributed by atoms with Gasteiger partial charge in [-0.25, -0.2) is 20.7 Å². The number of hydrogen-bond acceptors (Lipinski definition) is 5. The largest absolute Gasteiger partial charge is 0.340 e. The summed E-state index contributed by atoms with van der Waals surface area (Å²) in [6.45, 7) is 1.89. The van der Waals surface area contributed by atoms with Gasteiger partial charge in [0.1, 0.15) is 12.7 Å². The molecular formula is C22H23ClN6O2. The molecule has 3 amide bonds. The SMILES string of the molecule is Cc1cccc(NC(=O)CN2NC3C4CC(c5ccc(Cl)cc5)NN4C=CN3C2=O)c1. The third-order valence-corrected chi connectivity index (χ3v) is 6.06. The number of nitrogens with one attached hydrogen (secondary N) is 3. The van der Waals surface area contributed by atoms with Crippen molar-refractivity contribution in [1.82, 2.24) is 25.8 Å². The van der Waals surface area contributed by atoms with Gasteiger partial charge in [-0.3, -0.25) is 9.69 Å². The average Bonchev–Trinajstić information content (AvgIpc) is 3.30. The Morgan fingerprint density at radius 2 is 1.97 bits per heavy atom. The topological polar surface area (TPSA) is 80.0 Å². The number of anilines is 1. The molecule has 2 fully saturated rings. The van der Waals surface area contributed by atoms with Crippen molar-refractivity contribution in [3.63, 3.8) is 0 Å². The number of urea groups is 1. The van der Waals surface area contributed by atoms with E-state index in [1.807, 2.05) is 66.7 Å². The number of nitrogens with zero attached hydrogens (tertiary/aromatic N) is 3. The number of carbonyl (C=O) groups is 2. The normalized spacial score (nSPS) is 24.4. The van der Waals surface area contributed by atoms with Crippen LogP contribution in [-0.2, 0) is 4.79 Å². The van der Waals surface area contributed by atoms with Gasteiger partial charge in [0.05, 0.1) is 12.1 Å². The molecule has 3 aliphatic heterocycles. The van der Waals surface area contributed by atoms with Crippen molar-refractivity contribution in [3.05, 3.63) is 77.1 Å². The third-order valence-electron chi connectivity index (χ3n) is 5.81. The van der Waals surface area contributed by atoms with Crippen molar-refractivity contribution in [2.24, 2.45) is 0 Å². The second-order valence-corrected chi connectivity index (χ2v) is 8.45. The van der Waals surface area contributed by atoms with Crippen molar-refractivity contribution in [1.29, 1.82) is 0 Å². The second-order valence-electron chi connectivity index (χ2n) is 8.01. The Balaban J connectivity index is 1.25. The first-order chi connectivity index (χ1) is 15.0. The van der Waals surface area contributed by atoms with Crippen LogP contribution in [0.5, 0.6) is 0 Å². The molecule has 3 atom stereocenters. The Bertz CT molecular complexity index is 1040. The lowest BCUT2D eigenvalue weighted by atomic mass is 10.00. The predicted octanol–water partition coefficient (Wildman–Crippen LogP) is 2.96. The fraction of sp³-hybridized carbons (Fsp3) is 0.273. The van der Waals surface area contributed by atoms with Gasteiger partial charge in [-0.05, 0) is 48.7 Å². The molecule has 8 nitrogen and oxygen atoms in total. The maximum absolute atomic E-state index is 12.9. The van der Waals surface area contributed by atoms with E-state index in [2.05, 4.69) is 16.2 Å². The minimum atomic E-state index is -0.255. The highest BCUT2D eigenvalue weighted by atomic mass is 35.5. The fourth-order valence-corrected chi connectivity index (χ4v) is 4.44.